The third-order valence-electron chi connectivity index (χ3n) is 6.34. The van der Waals surface area contributed by atoms with Crippen molar-refractivity contribution in [1.29, 1.82) is 0 Å². The first-order valence-electron chi connectivity index (χ1n) is 13.0. The van der Waals surface area contributed by atoms with Crippen molar-refractivity contribution in [2.45, 2.75) is 31.9 Å². The number of aliphatic hydroxyl groups excluding tert-OH is 1. The molecule has 1 atom stereocenters. The highest BCUT2D eigenvalue weighted by Crippen LogP contribution is 2.37. The second-order valence-electron chi connectivity index (χ2n) is 10.4. The summed E-state index contributed by atoms with van der Waals surface area (Å²) in [4.78, 5) is 11.6. The van der Waals surface area contributed by atoms with Gasteiger partial charge in [-0.3, -0.25) is 4.79 Å². The highest BCUT2D eigenvalue weighted by atomic mass is 16.5. The van der Waals surface area contributed by atoms with Gasteiger partial charge in [0.2, 0.25) is 5.91 Å². The minimum Gasteiger partial charge on any atom is -0.506 e. The molecule has 9 N–H and O–H groups in total. The van der Waals surface area contributed by atoms with Crippen molar-refractivity contribution in [3.05, 3.63) is 82.9 Å². The van der Waals surface area contributed by atoms with Gasteiger partial charge in [0.15, 0.2) is 0 Å². The maximum atomic E-state index is 11.6. The van der Waals surface area contributed by atoms with Gasteiger partial charge in [0, 0.05) is 41.1 Å². The lowest BCUT2D eigenvalue weighted by Gasteiger charge is -2.23. The SMILES string of the molecule is CC(C)(N)COc1ccc(Nc2ccc(CCNCC(O)c3ccc(O)c4c3C=C(C(N)=O)CN4)cc2)cc1. The van der Waals surface area contributed by atoms with E-state index in [9.17, 15) is 15.0 Å². The predicted octanol–water partition coefficient (Wildman–Crippen LogP) is 3.41. The summed E-state index contributed by atoms with van der Waals surface area (Å²) in [5.74, 6) is 0.302. The van der Waals surface area contributed by atoms with Gasteiger partial charge in [0.25, 0.3) is 0 Å². The molecule has 0 fully saturated rings. The number of nitrogens with two attached hydrogens (primary N) is 2. The topological polar surface area (TPSA) is 155 Å². The highest BCUT2D eigenvalue weighted by molar-refractivity contribution is 6.00. The zero-order chi connectivity index (χ0) is 28.0. The Morgan fingerprint density at radius 1 is 1.08 bits per heavy atom. The van der Waals surface area contributed by atoms with E-state index in [0.717, 1.165) is 29.1 Å². The molecule has 0 aromatic heterocycles. The van der Waals surface area contributed by atoms with Gasteiger partial charge in [-0.25, -0.2) is 0 Å². The summed E-state index contributed by atoms with van der Waals surface area (Å²) in [6, 6.07) is 19.2. The van der Waals surface area contributed by atoms with Crippen LogP contribution in [0.15, 0.2) is 66.2 Å². The Morgan fingerprint density at radius 2 is 1.74 bits per heavy atom. The lowest BCUT2D eigenvalue weighted by Crippen LogP contribution is -2.38. The van der Waals surface area contributed by atoms with Gasteiger partial charge < -0.3 is 42.4 Å². The van der Waals surface area contributed by atoms with Crippen molar-refractivity contribution in [3.8, 4) is 11.5 Å². The van der Waals surface area contributed by atoms with E-state index in [1.54, 1.807) is 12.1 Å². The van der Waals surface area contributed by atoms with E-state index in [2.05, 4.69) is 28.1 Å². The Balaban J connectivity index is 1.26. The van der Waals surface area contributed by atoms with Crippen molar-refractivity contribution in [2.24, 2.45) is 11.5 Å². The summed E-state index contributed by atoms with van der Waals surface area (Å²) in [6.45, 7) is 5.52. The van der Waals surface area contributed by atoms with Crippen molar-refractivity contribution in [2.75, 3.05) is 36.9 Å². The number of anilines is 3. The molecule has 39 heavy (non-hydrogen) atoms. The Bertz CT molecular complexity index is 1310. The van der Waals surface area contributed by atoms with E-state index >= 15 is 0 Å². The largest absolute Gasteiger partial charge is 0.506 e. The number of rotatable bonds is 12. The van der Waals surface area contributed by atoms with Crippen molar-refractivity contribution < 1.29 is 19.7 Å². The van der Waals surface area contributed by atoms with Crippen molar-refractivity contribution in [1.82, 2.24) is 5.32 Å². The summed E-state index contributed by atoms with van der Waals surface area (Å²) in [5, 5.41) is 30.7. The fraction of sp³-hybridized carbons (Fsp3) is 0.300. The molecular formula is C30H37N5O4. The number of carbonyl (C=O) groups is 1. The molecule has 1 aliphatic heterocycles. The van der Waals surface area contributed by atoms with E-state index < -0.39 is 12.0 Å². The van der Waals surface area contributed by atoms with Crippen LogP contribution in [0, 0.1) is 0 Å². The average molecular weight is 532 g/mol. The minimum atomic E-state index is -0.824. The number of hydrogen-bond acceptors (Lipinski definition) is 8. The fourth-order valence-electron chi connectivity index (χ4n) is 4.23. The lowest BCUT2D eigenvalue weighted by atomic mass is 9.95. The Hall–Kier alpha value is -4.05. The monoisotopic (exact) mass is 531 g/mol. The number of aromatic hydroxyl groups is 1. The molecule has 9 nitrogen and oxygen atoms in total. The zero-order valence-corrected chi connectivity index (χ0v) is 22.3. The average Bonchev–Trinajstić information content (AvgIpc) is 2.91. The Kier molecular flexibility index (Phi) is 8.75. The molecular weight excluding hydrogens is 494 g/mol. The molecule has 0 saturated heterocycles. The number of carbonyl (C=O) groups excluding carboxylic acids is 1. The third-order valence-corrected chi connectivity index (χ3v) is 6.34. The minimum absolute atomic E-state index is 0.0595. The second kappa shape index (κ2) is 12.2. The first kappa shape index (κ1) is 28.0. The van der Waals surface area contributed by atoms with E-state index in [0.29, 0.717) is 42.1 Å². The number of phenolic OH excluding ortho intramolecular Hbond substituents is 1. The molecule has 1 aliphatic rings. The summed E-state index contributed by atoms with van der Waals surface area (Å²) in [5.41, 5.74) is 16.2. The van der Waals surface area contributed by atoms with E-state index in [4.69, 9.17) is 16.2 Å². The summed E-state index contributed by atoms with van der Waals surface area (Å²) >= 11 is 0. The normalized spacial score (nSPS) is 13.6. The van der Waals surface area contributed by atoms with E-state index in [1.165, 1.54) is 6.07 Å². The summed E-state index contributed by atoms with van der Waals surface area (Å²) in [6.07, 6.45) is 1.60. The number of hydrogen-bond donors (Lipinski definition) is 7. The van der Waals surface area contributed by atoms with Crippen LogP contribution in [-0.4, -0.2) is 47.9 Å². The number of benzene rings is 3. The second-order valence-corrected chi connectivity index (χ2v) is 10.4. The fourth-order valence-corrected chi connectivity index (χ4v) is 4.23. The molecule has 206 valence electrons. The smallest absolute Gasteiger partial charge is 0.246 e. The van der Waals surface area contributed by atoms with Crippen LogP contribution >= 0.6 is 0 Å². The molecule has 1 unspecified atom stereocenters. The van der Waals surface area contributed by atoms with Gasteiger partial charge in [0.05, 0.1) is 11.8 Å². The molecule has 3 aromatic rings. The van der Waals surface area contributed by atoms with Gasteiger partial charge in [-0.05, 0) is 86.5 Å². The lowest BCUT2D eigenvalue weighted by molar-refractivity contribution is -0.114. The van der Waals surface area contributed by atoms with Gasteiger partial charge in [-0.2, -0.15) is 0 Å². The zero-order valence-electron chi connectivity index (χ0n) is 22.3. The molecule has 0 saturated carbocycles. The van der Waals surface area contributed by atoms with Crippen LogP contribution < -0.4 is 32.2 Å². The number of nitrogens with one attached hydrogen (secondary N) is 3. The number of phenols is 1. The molecule has 0 aliphatic carbocycles. The van der Waals surface area contributed by atoms with Crippen molar-refractivity contribution in [3.63, 3.8) is 0 Å². The standard InChI is InChI=1S/C30H37N5O4/c1-30(2,32)18-39-23-9-7-22(8-10-23)35-21-5-3-19(4-6-21)13-14-33-17-27(37)24-11-12-26(36)28-25(24)15-20(16-34-28)29(31)38/h3-12,15,27,33-37H,13-14,16-18,32H2,1-2H3,(H2,31,38). The summed E-state index contributed by atoms with van der Waals surface area (Å²) in [7, 11) is 0. The van der Waals surface area contributed by atoms with Crippen LogP contribution in [0.2, 0.25) is 0 Å². The maximum Gasteiger partial charge on any atom is 0.246 e. The molecule has 1 heterocycles. The number of fused-ring (bicyclic) bond motifs is 1. The number of primary amides is 1. The molecule has 0 bridgehead atoms. The Labute approximate surface area is 228 Å². The third kappa shape index (κ3) is 7.73. The van der Waals surface area contributed by atoms with E-state index in [-0.39, 0.29) is 17.8 Å². The first-order valence-corrected chi connectivity index (χ1v) is 13.0. The number of amides is 1. The first-order chi connectivity index (χ1) is 18.6. The summed E-state index contributed by atoms with van der Waals surface area (Å²) < 4.78 is 5.71. The number of aliphatic hydroxyl groups is 1. The van der Waals surface area contributed by atoms with Crippen LogP contribution in [0.4, 0.5) is 17.1 Å². The van der Waals surface area contributed by atoms with Crippen molar-refractivity contribution >= 4 is 29.0 Å². The highest BCUT2D eigenvalue weighted by Gasteiger charge is 2.22. The predicted molar refractivity (Wildman–Crippen MR) is 155 cm³/mol. The molecule has 4 rings (SSSR count). The quantitative estimate of drug-likeness (QED) is 0.139. The van der Waals surface area contributed by atoms with Crippen LogP contribution in [0.3, 0.4) is 0 Å². The van der Waals surface area contributed by atoms with E-state index in [1.807, 2.05) is 50.2 Å². The van der Waals surface area contributed by atoms with Crippen LogP contribution in [-0.2, 0) is 11.2 Å². The molecule has 9 heteroatoms. The van der Waals surface area contributed by atoms with Gasteiger partial charge in [-0.1, -0.05) is 18.2 Å². The molecule has 1 amide bonds. The van der Waals surface area contributed by atoms with Crippen LogP contribution in [0.1, 0.15) is 36.6 Å². The van der Waals surface area contributed by atoms with Gasteiger partial charge in [-0.15, -0.1) is 0 Å². The molecule has 0 radical (unpaired) electrons. The van der Waals surface area contributed by atoms with Gasteiger partial charge >= 0.3 is 0 Å². The van der Waals surface area contributed by atoms with Crippen LogP contribution in [0.25, 0.3) is 6.08 Å². The van der Waals surface area contributed by atoms with Gasteiger partial charge in [0.1, 0.15) is 18.1 Å². The maximum absolute atomic E-state index is 11.6. The Morgan fingerprint density at radius 3 is 2.38 bits per heavy atom. The number of ether oxygens (including phenoxy) is 1. The molecule has 0 spiro atoms. The molecule has 3 aromatic carbocycles. The van der Waals surface area contributed by atoms with Crippen LogP contribution in [0.5, 0.6) is 11.5 Å².